The number of amides is 2. The first-order valence-electron chi connectivity index (χ1n) is 5.29. The van der Waals surface area contributed by atoms with Gasteiger partial charge in [-0.25, -0.2) is 4.79 Å². The first-order chi connectivity index (χ1) is 7.63. The number of hydrogen-bond donors (Lipinski definition) is 3. The van der Waals surface area contributed by atoms with Gasteiger partial charge in [0.2, 0.25) is 0 Å². The van der Waals surface area contributed by atoms with Gasteiger partial charge < -0.3 is 15.7 Å². The lowest BCUT2D eigenvalue weighted by Gasteiger charge is -2.15. The molecule has 0 saturated heterocycles. The summed E-state index contributed by atoms with van der Waals surface area (Å²) in [6, 6.07) is -0.604. The minimum Gasteiger partial charge on any atom is -0.481 e. The first kappa shape index (κ1) is 12.4. The lowest BCUT2D eigenvalue weighted by Crippen LogP contribution is -2.44. The van der Waals surface area contributed by atoms with Crippen molar-refractivity contribution in [2.24, 2.45) is 5.92 Å². The van der Waals surface area contributed by atoms with Crippen molar-refractivity contribution in [2.45, 2.75) is 32.2 Å². The summed E-state index contributed by atoms with van der Waals surface area (Å²) in [4.78, 5) is 21.9. The second kappa shape index (κ2) is 6.01. The second-order valence-electron chi connectivity index (χ2n) is 3.80. The van der Waals surface area contributed by atoms with Crippen LogP contribution in [0.1, 0.15) is 26.2 Å². The topological polar surface area (TPSA) is 78.4 Å². The quantitative estimate of drug-likeness (QED) is 0.597. The zero-order chi connectivity index (χ0) is 12.0. The van der Waals surface area contributed by atoms with Crippen LogP contribution in [0.25, 0.3) is 0 Å². The summed E-state index contributed by atoms with van der Waals surface area (Å²) in [5, 5.41) is 13.9. The average molecular weight is 224 g/mol. The number of aliphatic carboxylic acids is 1. The van der Waals surface area contributed by atoms with Crippen molar-refractivity contribution in [3.63, 3.8) is 0 Å². The van der Waals surface area contributed by atoms with Gasteiger partial charge in [0.05, 0.1) is 13.0 Å². The summed E-state index contributed by atoms with van der Waals surface area (Å²) in [6.07, 6.45) is 1.97. The molecule has 1 saturated carbocycles. The molecule has 0 aliphatic heterocycles. The van der Waals surface area contributed by atoms with Crippen LogP contribution in [0.3, 0.4) is 0 Å². The maximum atomic E-state index is 11.4. The molecular formula is C11H16N2O3. The van der Waals surface area contributed by atoms with Crippen LogP contribution >= 0.6 is 0 Å². The minimum absolute atomic E-state index is 0.0163. The highest BCUT2D eigenvalue weighted by molar-refractivity contribution is 5.76. The molecule has 0 bridgehead atoms. The summed E-state index contributed by atoms with van der Waals surface area (Å²) < 4.78 is 0. The molecular weight excluding hydrogens is 208 g/mol. The van der Waals surface area contributed by atoms with E-state index in [1.165, 1.54) is 0 Å². The Labute approximate surface area is 94.6 Å². The molecule has 2 amide bonds. The molecule has 0 aromatic heterocycles. The maximum Gasteiger partial charge on any atom is 0.315 e. The largest absolute Gasteiger partial charge is 0.481 e. The lowest BCUT2D eigenvalue weighted by atomic mass is 10.1. The van der Waals surface area contributed by atoms with Crippen LogP contribution in [0.15, 0.2) is 0 Å². The lowest BCUT2D eigenvalue weighted by molar-refractivity contribution is -0.137. The van der Waals surface area contributed by atoms with Crippen LogP contribution in [0.2, 0.25) is 0 Å². The average Bonchev–Trinajstić information content (AvgIpc) is 2.99. The molecule has 1 unspecified atom stereocenters. The molecule has 0 heterocycles. The van der Waals surface area contributed by atoms with Gasteiger partial charge in [0, 0.05) is 6.04 Å². The maximum absolute atomic E-state index is 11.4. The SMILES string of the molecule is CC#CCNC(=O)NC(CC(=O)O)C1CC1. The van der Waals surface area contributed by atoms with Crippen molar-refractivity contribution < 1.29 is 14.7 Å². The molecule has 1 atom stereocenters. The molecule has 1 aliphatic carbocycles. The van der Waals surface area contributed by atoms with Gasteiger partial charge in [-0.05, 0) is 25.7 Å². The van der Waals surface area contributed by atoms with Crippen molar-refractivity contribution in [3.05, 3.63) is 0 Å². The molecule has 1 aliphatic rings. The van der Waals surface area contributed by atoms with Crippen LogP contribution in [0, 0.1) is 17.8 Å². The highest BCUT2D eigenvalue weighted by Gasteiger charge is 2.33. The van der Waals surface area contributed by atoms with Crippen LogP contribution in [-0.2, 0) is 4.79 Å². The molecule has 16 heavy (non-hydrogen) atoms. The molecule has 1 fully saturated rings. The number of rotatable bonds is 5. The van der Waals surface area contributed by atoms with Crippen molar-refractivity contribution in [2.75, 3.05) is 6.54 Å². The first-order valence-corrected chi connectivity index (χ1v) is 5.29. The third-order valence-electron chi connectivity index (χ3n) is 2.42. The Balaban J connectivity index is 2.32. The molecule has 0 radical (unpaired) electrons. The van der Waals surface area contributed by atoms with E-state index in [9.17, 15) is 9.59 Å². The highest BCUT2D eigenvalue weighted by atomic mass is 16.4. The summed E-state index contributed by atoms with van der Waals surface area (Å²) in [6.45, 7) is 1.98. The van der Waals surface area contributed by atoms with E-state index in [2.05, 4.69) is 22.5 Å². The molecule has 1 rings (SSSR count). The number of hydrogen-bond acceptors (Lipinski definition) is 2. The van der Waals surface area contributed by atoms with E-state index in [-0.39, 0.29) is 25.0 Å². The Morgan fingerprint density at radius 1 is 1.50 bits per heavy atom. The second-order valence-corrected chi connectivity index (χ2v) is 3.80. The van der Waals surface area contributed by atoms with Gasteiger partial charge in [-0.15, -0.1) is 5.92 Å². The molecule has 0 aromatic carbocycles. The number of carboxylic acids is 1. The predicted molar refractivity (Wildman–Crippen MR) is 58.7 cm³/mol. The molecule has 0 aromatic rings. The number of nitrogens with one attached hydrogen (secondary N) is 2. The molecule has 3 N–H and O–H groups in total. The summed E-state index contributed by atoms with van der Waals surface area (Å²) in [5.74, 6) is 4.79. The Morgan fingerprint density at radius 3 is 2.69 bits per heavy atom. The van der Waals surface area contributed by atoms with Crippen molar-refractivity contribution in [1.82, 2.24) is 10.6 Å². The number of carbonyl (C=O) groups excluding carboxylic acids is 1. The van der Waals surface area contributed by atoms with E-state index in [1.54, 1.807) is 6.92 Å². The van der Waals surface area contributed by atoms with Crippen LogP contribution in [0.5, 0.6) is 0 Å². The number of carbonyl (C=O) groups is 2. The van der Waals surface area contributed by atoms with Gasteiger partial charge >= 0.3 is 12.0 Å². The van der Waals surface area contributed by atoms with Crippen LogP contribution in [-0.4, -0.2) is 29.7 Å². The monoisotopic (exact) mass is 224 g/mol. The van der Waals surface area contributed by atoms with Crippen molar-refractivity contribution >= 4 is 12.0 Å². The van der Waals surface area contributed by atoms with Gasteiger partial charge in [-0.1, -0.05) is 5.92 Å². The minimum atomic E-state index is -0.884. The van der Waals surface area contributed by atoms with Crippen LogP contribution < -0.4 is 10.6 Å². The number of urea groups is 1. The van der Waals surface area contributed by atoms with E-state index < -0.39 is 5.97 Å². The highest BCUT2D eigenvalue weighted by Crippen LogP contribution is 2.33. The molecule has 88 valence electrons. The normalized spacial score (nSPS) is 15.6. The number of carboxylic acid groups (broad SMARTS) is 1. The third kappa shape index (κ3) is 4.69. The molecule has 5 nitrogen and oxygen atoms in total. The van der Waals surface area contributed by atoms with Gasteiger partial charge in [0.1, 0.15) is 0 Å². The van der Waals surface area contributed by atoms with Gasteiger partial charge in [0.25, 0.3) is 0 Å². The van der Waals surface area contributed by atoms with Gasteiger partial charge in [-0.3, -0.25) is 4.79 Å². The zero-order valence-electron chi connectivity index (χ0n) is 9.25. The summed E-state index contributed by atoms with van der Waals surface area (Å²) >= 11 is 0. The smallest absolute Gasteiger partial charge is 0.315 e. The Kier molecular flexibility index (Phi) is 4.65. The van der Waals surface area contributed by atoms with E-state index in [0.29, 0.717) is 5.92 Å². The van der Waals surface area contributed by atoms with E-state index in [4.69, 9.17) is 5.11 Å². The molecule has 5 heteroatoms. The summed E-state index contributed by atoms with van der Waals surface area (Å²) in [5.41, 5.74) is 0. The van der Waals surface area contributed by atoms with Crippen molar-refractivity contribution in [1.29, 1.82) is 0 Å². The van der Waals surface area contributed by atoms with E-state index in [0.717, 1.165) is 12.8 Å². The van der Waals surface area contributed by atoms with Gasteiger partial charge in [0.15, 0.2) is 0 Å². The zero-order valence-corrected chi connectivity index (χ0v) is 9.25. The fourth-order valence-corrected chi connectivity index (χ4v) is 1.45. The van der Waals surface area contributed by atoms with Gasteiger partial charge in [-0.2, -0.15) is 0 Å². The fourth-order valence-electron chi connectivity index (χ4n) is 1.45. The molecule has 0 spiro atoms. The van der Waals surface area contributed by atoms with Crippen molar-refractivity contribution in [3.8, 4) is 11.8 Å². The van der Waals surface area contributed by atoms with E-state index >= 15 is 0 Å². The third-order valence-corrected chi connectivity index (χ3v) is 2.42. The fraction of sp³-hybridized carbons (Fsp3) is 0.636. The van der Waals surface area contributed by atoms with E-state index in [1.807, 2.05) is 0 Å². The summed E-state index contributed by atoms with van der Waals surface area (Å²) in [7, 11) is 0. The standard InChI is InChI=1S/C11H16N2O3/c1-2-3-6-12-11(16)13-9(7-10(14)15)8-4-5-8/h8-9H,4-7H2,1H3,(H,14,15)(H2,12,13,16). The Morgan fingerprint density at radius 2 is 2.19 bits per heavy atom. The van der Waals surface area contributed by atoms with Crippen LogP contribution in [0.4, 0.5) is 4.79 Å². The Hall–Kier alpha value is -1.70. The Bertz CT molecular complexity index is 326. The predicted octanol–water partition coefficient (Wildman–Crippen LogP) is 0.562.